The number of anilines is 1. The second-order valence-corrected chi connectivity index (χ2v) is 7.34. The molecule has 134 valence electrons. The van der Waals surface area contributed by atoms with Crippen molar-refractivity contribution in [1.82, 2.24) is 4.98 Å². The minimum Gasteiger partial charge on any atom is -0.423 e. The van der Waals surface area contributed by atoms with Crippen molar-refractivity contribution in [2.24, 2.45) is 17.6 Å². The normalized spacial score (nSPS) is 24.9. The van der Waals surface area contributed by atoms with Gasteiger partial charge in [-0.1, -0.05) is 6.07 Å². The van der Waals surface area contributed by atoms with Crippen LogP contribution in [0.1, 0.15) is 31.2 Å². The number of hydrogen-bond donors (Lipinski definition) is 1. The average molecular weight is 343 g/mol. The molecule has 2 saturated heterocycles. The molecule has 0 radical (unpaired) electrons. The number of nitrogens with zero attached hydrogens (tertiary/aromatic N) is 2. The first kappa shape index (κ1) is 16.4. The van der Waals surface area contributed by atoms with Gasteiger partial charge in [-0.25, -0.2) is 0 Å². The molecule has 2 aliphatic heterocycles. The number of rotatable bonds is 4. The first-order valence-corrected chi connectivity index (χ1v) is 9.13. The second-order valence-electron chi connectivity index (χ2n) is 7.34. The number of oxazole rings is 1. The summed E-state index contributed by atoms with van der Waals surface area (Å²) in [6, 6.07) is 6.79. The molecule has 2 atom stereocenters. The van der Waals surface area contributed by atoms with Crippen molar-refractivity contribution in [3.63, 3.8) is 0 Å². The molecule has 2 fully saturated rings. The van der Waals surface area contributed by atoms with E-state index in [1.807, 2.05) is 12.1 Å². The zero-order chi connectivity index (χ0) is 17.4. The standard InChI is InChI=1S/C19H25N3O3/c1-12-2-3-16-15(10-12)21-19(25-16)22-7-4-13(5-8-22)11-17-14(18(20)23)6-9-24-17/h2-3,10,13-14,17H,4-9,11H2,1H3,(H2,20,23)/t14-,17-/m1/s1. The summed E-state index contributed by atoms with van der Waals surface area (Å²) in [6.07, 6.45) is 3.81. The van der Waals surface area contributed by atoms with Gasteiger partial charge in [0.1, 0.15) is 5.52 Å². The lowest BCUT2D eigenvalue weighted by molar-refractivity contribution is -0.123. The molecule has 0 bridgehead atoms. The Morgan fingerprint density at radius 2 is 2.12 bits per heavy atom. The maximum atomic E-state index is 11.5. The minimum absolute atomic E-state index is 0.00125. The number of ether oxygens (including phenoxy) is 1. The van der Waals surface area contributed by atoms with Crippen molar-refractivity contribution in [2.45, 2.75) is 38.7 Å². The number of nitrogens with two attached hydrogens (primary N) is 1. The van der Waals surface area contributed by atoms with Crippen LogP contribution in [0.15, 0.2) is 22.6 Å². The molecule has 6 nitrogen and oxygen atoms in total. The van der Waals surface area contributed by atoms with E-state index in [0.717, 1.165) is 49.9 Å². The van der Waals surface area contributed by atoms with Crippen molar-refractivity contribution in [2.75, 3.05) is 24.6 Å². The molecule has 1 aromatic carbocycles. The summed E-state index contributed by atoms with van der Waals surface area (Å²) in [6.45, 7) is 4.55. The highest BCUT2D eigenvalue weighted by molar-refractivity contribution is 5.77. The average Bonchev–Trinajstić information content (AvgIpc) is 3.21. The molecular weight excluding hydrogens is 318 g/mol. The molecule has 0 saturated carbocycles. The van der Waals surface area contributed by atoms with Gasteiger partial charge in [0.05, 0.1) is 12.0 Å². The molecule has 1 amide bonds. The molecule has 2 N–H and O–H groups in total. The molecule has 6 heteroatoms. The topological polar surface area (TPSA) is 81.6 Å². The molecular formula is C19H25N3O3. The Morgan fingerprint density at radius 3 is 2.88 bits per heavy atom. The monoisotopic (exact) mass is 343 g/mol. The van der Waals surface area contributed by atoms with Crippen LogP contribution < -0.4 is 10.6 Å². The first-order chi connectivity index (χ1) is 12.1. The van der Waals surface area contributed by atoms with Gasteiger partial charge in [-0.05, 0) is 56.2 Å². The van der Waals surface area contributed by atoms with E-state index in [-0.39, 0.29) is 17.9 Å². The van der Waals surface area contributed by atoms with Crippen LogP contribution in [0, 0.1) is 18.8 Å². The van der Waals surface area contributed by atoms with Crippen LogP contribution in [0.3, 0.4) is 0 Å². The molecule has 0 spiro atoms. The van der Waals surface area contributed by atoms with Gasteiger partial charge in [0.2, 0.25) is 5.91 Å². The van der Waals surface area contributed by atoms with Crippen LogP contribution in [0.4, 0.5) is 6.01 Å². The second kappa shape index (κ2) is 6.67. The fourth-order valence-corrected chi connectivity index (χ4v) is 4.06. The number of amides is 1. The van der Waals surface area contributed by atoms with E-state index in [2.05, 4.69) is 22.9 Å². The van der Waals surface area contributed by atoms with Gasteiger partial charge in [0.15, 0.2) is 5.58 Å². The van der Waals surface area contributed by atoms with E-state index in [1.54, 1.807) is 0 Å². The highest BCUT2D eigenvalue weighted by Crippen LogP contribution is 2.32. The zero-order valence-electron chi connectivity index (χ0n) is 14.6. The first-order valence-electron chi connectivity index (χ1n) is 9.13. The van der Waals surface area contributed by atoms with E-state index in [1.165, 1.54) is 5.56 Å². The van der Waals surface area contributed by atoms with Gasteiger partial charge >= 0.3 is 0 Å². The van der Waals surface area contributed by atoms with E-state index >= 15 is 0 Å². The molecule has 4 rings (SSSR count). The quantitative estimate of drug-likeness (QED) is 0.923. The highest BCUT2D eigenvalue weighted by atomic mass is 16.5. The summed E-state index contributed by atoms with van der Waals surface area (Å²) in [4.78, 5) is 18.4. The third kappa shape index (κ3) is 3.35. The van der Waals surface area contributed by atoms with Crippen LogP contribution >= 0.6 is 0 Å². The summed E-state index contributed by atoms with van der Waals surface area (Å²) in [5.41, 5.74) is 8.43. The van der Waals surface area contributed by atoms with Crippen molar-refractivity contribution in [3.05, 3.63) is 23.8 Å². The van der Waals surface area contributed by atoms with Crippen molar-refractivity contribution in [3.8, 4) is 0 Å². The Kier molecular flexibility index (Phi) is 4.37. The lowest BCUT2D eigenvalue weighted by Gasteiger charge is -2.32. The van der Waals surface area contributed by atoms with Gasteiger partial charge in [-0.3, -0.25) is 4.79 Å². The number of fused-ring (bicyclic) bond motifs is 1. The SMILES string of the molecule is Cc1ccc2oc(N3CCC(C[C@H]4OCC[C@H]4C(N)=O)CC3)nc2c1. The van der Waals surface area contributed by atoms with E-state index in [9.17, 15) is 4.79 Å². The van der Waals surface area contributed by atoms with Crippen molar-refractivity contribution in [1.29, 1.82) is 0 Å². The highest BCUT2D eigenvalue weighted by Gasteiger charge is 2.35. The van der Waals surface area contributed by atoms with E-state index < -0.39 is 0 Å². The number of piperidine rings is 1. The van der Waals surface area contributed by atoms with Crippen molar-refractivity contribution >= 4 is 23.0 Å². The number of hydrogen-bond acceptors (Lipinski definition) is 5. The van der Waals surface area contributed by atoms with Gasteiger partial charge in [0, 0.05) is 19.7 Å². The predicted molar refractivity (Wildman–Crippen MR) is 95.3 cm³/mol. The fourth-order valence-electron chi connectivity index (χ4n) is 4.06. The Bertz CT molecular complexity index is 764. The molecule has 25 heavy (non-hydrogen) atoms. The van der Waals surface area contributed by atoms with E-state index in [0.29, 0.717) is 18.5 Å². The summed E-state index contributed by atoms with van der Waals surface area (Å²) < 4.78 is 11.7. The summed E-state index contributed by atoms with van der Waals surface area (Å²) in [5.74, 6) is 0.229. The van der Waals surface area contributed by atoms with Crippen LogP contribution in [0.2, 0.25) is 0 Å². The predicted octanol–water partition coefficient (Wildman–Crippen LogP) is 2.63. The smallest absolute Gasteiger partial charge is 0.298 e. The van der Waals surface area contributed by atoms with Crippen LogP contribution in [-0.4, -0.2) is 36.7 Å². The Balaban J connectivity index is 1.37. The maximum Gasteiger partial charge on any atom is 0.298 e. The van der Waals surface area contributed by atoms with Gasteiger partial charge in [-0.15, -0.1) is 0 Å². The van der Waals surface area contributed by atoms with E-state index in [4.69, 9.17) is 14.9 Å². The third-order valence-electron chi connectivity index (χ3n) is 5.56. The van der Waals surface area contributed by atoms with Crippen LogP contribution in [0.25, 0.3) is 11.1 Å². The molecule has 1 aromatic heterocycles. The largest absolute Gasteiger partial charge is 0.423 e. The summed E-state index contributed by atoms with van der Waals surface area (Å²) in [7, 11) is 0. The van der Waals surface area contributed by atoms with Gasteiger partial charge in [0.25, 0.3) is 6.01 Å². The van der Waals surface area contributed by atoms with Crippen LogP contribution in [-0.2, 0) is 9.53 Å². The Hall–Kier alpha value is -2.08. The fraction of sp³-hybridized carbons (Fsp3) is 0.579. The van der Waals surface area contributed by atoms with Gasteiger partial charge in [-0.2, -0.15) is 4.98 Å². The number of aryl methyl sites for hydroxylation is 1. The Labute approximate surface area is 147 Å². The Morgan fingerprint density at radius 1 is 1.32 bits per heavy atom. The summed E-state index contributed by atoms with van der Waals surface area (Å²) in [5, 5.41) is 0. The zero-order valence-corrected chi connectivity index (χ0v) is 14.6. The minimum atomic E-state index is -0.221. The molecule has 2 aliphatic rings. The number of carbonyl (C=O) groups excluding carboxylic acids is 1. The van der Waals surface area contributed by atoms with Gasteiger partial charge < -0.3 is 19.8 Å². The number of aromatic nitrogens is 1. The molecule has 3 heterocycles. The molecule has 0 unspecified atom stereocenters. The lowest BCUT2D eigenvalue weighted by atomic mass is 9.86. The van der Waals surface area contributed by atoms with Crippen LogP contribution in [0.5, 0.6) is 0 Å². The number of primary amides is 1. The lowest BCUT2D eigenvalue weighted by Crippen LogP contribution is -2.37. The number of benzene rings is 1. The molecule has 0 aliphatic carbocycles. The third-order valence-corrected chi connectivity index (χ3v) is 5.56. The van der Waals surface area contributed by atoms with Crippen molar-refractivity contribution < 1.29 is 13.9 Å². The summed E-state index contributed by atoms with van der Waals surface area (Å²) >= 11 is 0. The number of carbonyl (C=O) groups is 1. The maximum absolute atomic E-state index is 11.5. The molecule has 2 aromatic rings.